The van der Waals surface area contributed by atoms with Gasteiger partial charge in [-0.25, -0.2) is 0 Å². The molecule has 1 heterocycles. The monoisotopic (exact) mass is 285 g/mol. The van der Waals surface area contributed by atoms with E-state index >= 15 is 0 Å². The smallest absolute Gasteiger partial charge is 0.123 e. The molecule has 1 aliphatic rings. The molecule has 1 aliphatic heterocycles. The van der Waals surface area contributed by atoms with E-state index < -0.39 is 0 Å². The normalized spacial score (nSPS) is 17.6. The van der Waals surface area contributed by atoms with Crippen LogP contribution in [0, 0.1) is 0 Å². The van der Waals surface area contributed by atoms with Gasteiger partial charge in [-0.1, -0.05) is 18.5 Å². The summed E-state index contributed by atoms with van der Waals surface area (Å²) in [6.45, 7) is 4.19. The maximum absolute atomic E-state index is 5.97. The predicted molar refractivity (Wildman–Crippen MR) is 80.1 cm³/mol. The third kappa shape index (κ3) is 4.08. The van der Waals surface area contributed by atoms with Gasteiger partial charge in [0, 0.05) is 18.0 Å². The Morgan fingerprint density at radius 3 is 3.22 bits per heavy atom. The Kier molecular flexibility index (Phi) is 5.67. The Balaban J connectivity index is 1.65. The van der Waals surface area contributed by atoms with E-state index in [1.54, 1.807) is 0 Å². The first-order chi connectivity index (χ1) is 8.79. The lowest BCUT2D eigenvalue weighted by Crippen LogP contribution is -2.30. The lowest BCUT2D eigenvalue weighted by Gasteiger charge is -2.11. The van der Waals surface area contributed by atoms with Crippen LogP contribution >= 0.6 is 23.4 Å². The summed E-state index contributed by atoms with van der Waals surface area (Å²) < 4.78 is 5.86. The van der Waals surface area contributed by atoms with Gasteiger partial charge in [0.25, 0.3) is 0 Å². The van der Waals surface area contributed by atoms with Crippen LogP contribution in [0.25, 0.3) is 0 Å². The summed E-state index contributed by atoms with van der Waals surface area (Å²) in [7, 11) is 0. The first-order valence-corrected chi connectivity index (χ1v) is 8.06. The van der Waals surface area contributed by atoms with Crippen LogP contribution in [-0.4, -0.2) is 30.7 Å². The predicted octanol–water partition coefficient (Wildman–Crippen LogP) is 3.38. The molecule has 2 nitrogen and oxygen atoms in total. The number of halogens is 1. The number of fused-ring (bicyclic) bond motifs is 1. The summed E-state index contributed by atoms with van der Waals surface area (Å²) in [5.41, 5.74) is 1.23. The third-order valence-electron chi connectivity index (χ3n) is 2.98. The van der Waals surface area contributed by atoms with Crippen LogP contribution in [0.2, 0.25) is 5.02 Å². The fourth-order valence-electron chi connectivity index (χ4n) is 2.11. The molecule has 0 spiro atoms. The van der Waals surface area contributed by atoms with Crippen LogP contribution in [0.5, 0.6) is 5.75 Å². The van der Waals surface area contributed by atoms with Crippen molar-refractivity contribution in [3.05, 3.63) is 28.8 Å². The SMILES string of the molecule is CCSCCCNCC1Cc2cc(Cl)ccc2O1. The lowest BCUT2D eigenvalue weighted by molar-refractivity contribution is 0.228. The Hall–Kier alpha value is -0.380. The van der Waals surface area contributed by atoms with Gasteiger partial charge in [-0.15, -0.1) is 0 Å². The van der Waals surface area contributed by atoms with Crippen molar-refractivity contribution in [3.8, 4) is 5.75 Å². The molecule has 0 aromatic heterocycles. The number of benzene rings is 1. The van der Waals surface area contributed by atoms with Crippen molar-refractivity contribution in [1.29, 1.82) is 0 Å². The highest BCUT2D eigenvalue weighted by molar-refractivity contribution is 7.99. The minimum absolute atomic E-state index is 0.261. The summed E-state index contributed by atoms with van der Waals surface area (Å²) in [6.07, 6.45) is 2.45. The molecule has 1 aromatic rings. The molecular weight excluding hydrogens is 266 g/mol. The van der Waals surface area contributed by atoms with E-state index in [4.69, 9.17) is 16.3 Å². The van der Waals surface area contributed by atoms with Crippen LogP contribution < -0.4 is 10.1 Å². The van der Waals surface area contributed by atoms with Gasteiger partial charge in [-0.3, -0.25) is 0 Å². The van der Waals surface area contributed by atoms with Crippen LogP contribution in [0.3, 0.4) is 0 Å². The molecular formula is C14H20ClNOS. The third-order valence-corrected chi connectivity index (χ3v) is 4.20. The van der Waals surface area contributed by atoms with Crippen LogP contribution in [0.4, 0.5) is 0 Å². The van der Waals surface area contributed by atoms with Crippen LogP contribution in [-0.2, 0) is 6.42 Å². The van der Waals surface area contributed by atoms with Crippen LogP contribution in [0.1, 0.15) is 18.9 Å². The molecule has 0 aliphatic carbocycles. The van der Waals surface area contributed by atoms with Gasteiger partial charge in [0.2, 0.25) is 0 Å². The zero-order valence-corrected chi connectivity index (χ0v) is 12.3. The van der Waals surface area contributed by atoms with Crippen molar-refractivity contribution in [2.75, 3.05) is 24.6 Å². The number of nitrogens with one attached hydrogen (secondary N) is 1. The summed E-state index contributed by atoms with van der Waals surface area (Å²) in [5.74, 6) is 3.44. The van der Waals surface area contributed by atoms with E-state index in [0.29, 0.717) is 0 Å². The zero-order chi connectivity index (χ0) is 12.8. The molecule has 0 saturated carbocycles. The van der Waals surface area contributed by atoms with Crippen molar-refractivity contribution in [1.82, 2.24) is 5.32 Å². The van der Waals surface area contributed by atoms with Gasteiger partial charge >= 0.3 is 0 Å². The molecule has 0 fully saturated rings. The largest absolute Gasteiger partial charge is 0.488 e. The molecule has 1 N–H and O–H groups in total. The van der Waals surface area contributed by atoms with E-state index in [-0.39, 0.29) is 6.10 Å². The molecule has 0 bridgehead atoms. The highest BCUT2D eigenvalue weighted by atomic mass is 35.5. The molecule has 18 heavy (non-hydrogen) atoms. The second-order valence-electron chi connectivity index (χ2n) is 4.45. The molecule has 1 aromatic carbocycles. The van der Waals surface area contributed by atoms with Gasteiger partial charge in [-0.05, 0) is 48.2 Å². The van der Waals surface area contributed by atoms with E-state index in [2.05, 4.69) is 12.2 Å². The molecule has 0 radical (unpaired) electrons. The van der Waals surface area contributed by atoms with Gasteiger partial charge < -0.3 is 10.1 Å². The zero-order valence-electron chi connectivity index (χ0n) is 10.7. The van der Waals surface area contributed by atoms with Crippen molar-refractivity contribution < 1.29 is 4.74 Å². The molecule has 0 saturated heterocycles. The maximum Gasteiger partial charge on any atom is 0.123 e. The Morgan fingerprint density at radius 1 is 1.50 bits per heavy atom. The minimum Gasteiger partial charge on any atom is -0.488 e. The maximum atomic E-state index is 5.97. The summed E-state index contributed by atoms with van der Waals surface area (Å²) in [6, 6.07) is 5.86. The van der Waals surface area contributed by atoms with Crippen LogP contribution in [0.15, 0.2) is 18.2 Å². The number of hydrogen-bond donors (Lipinski definition) is 1. The Labute approximate surface area is 118 Å². The Bertz CT molecular complexity index is 386. The summed E-state index contributed by atoms with van der Waals surface area (Å²) in [5, 5.41) is 4.26. The standard InChI is InChI=1S/C14H20ClNOS/c1-2-18-7-3-6-16-10-13-9-11-8-12(15)4-5-14(11)17-13/h4-5,8,13,16H,2-3,6-7,9-10H2,1H3. The first-order valence-electron chi connectivity index (χ1n) is 6.53. The molecule has 4 heteroatoms. The second-order valence-corrected chi connectivity index (χ2v) is 6.28. The number of ether oxygens (including phenoxy) is 1. The van der Waals surface area contributed by atoms with Gasteiger partial charge in [-0.2, -0.15) is 11.8 Å². The average molecular weight is 286 g/mol. The van der Waals surface area contributed by atoms with E-state index in [0.717, 1.165) is 30.3 Å². The van der Waals surface area contributed by atoms with Gasteiger partial charge in [0.05, 0.1) is 0 Å². The van der Waals surface area contributed by atoms with E-state index in [9.17, 15) is 0 Å². The number of thioether (sulfide) groups is 1. The fourth-order valence-corrected chi connectivity index (χ4v) is 2.94. The minimum atomic E-state index is 0.261. The molecule has 100 valence electrons. The van der Waals surface area contributed by atoms with E-state index in [1.165, 1.54) is 23.5 Å². The lowest BCUT2D eigenvalue weighted by atomic mass is 10.1. The van der Waals surface area contributed by atoms with Crippen molar-refractivity contribution in [3.63, 3.8) is 0 Å². The molecule has 0 amide bonds. The van der Waals surface area contributed by atoms with Crippen molar-refractivity contribution in [2.45, 2.75) is 25.9 Å². The number of hydrogen-bond acceptors (Lipinski definition) is 3. The second kappa shape index (κ2) is 7.27. The highest BCUT2D eigenvalue weighted by Crippen LogP contribution is 2.30. The molecule has 1 unspecified atom stereocenters. The van der Waals surface area contributed by atoms with Crippen molar-refractivity contribution in [2.24, 2.45) is 0 Å². The fraction of sp³-hybridized carbons (Fsp3) is 0.571. The summed E-state index contributed by atoms with van der Waals surface area (Å²) >= 11 is 7.97. The average Bonchev–Trinajstić information content (AvgIpc) is 2.75. The van der Waals surface area contributed by atoms with Crippen molar-refractivity contribution >= 4 is 23.4 Å². The van der Waals surface area contributed by atoms with Gasteiger partial charge in [0.1, 0.15) is 11.9 Å². The molecule has 2 rings (SSSR count). The topological polar surface area (TPSA) is 21.3 Å². The molecule has 1 atom stereocenters. The first kappa shape index (κ1) is 14.0. The highest BCUT2D eigenvalue weighted by Gasteiger charge is 2.22. The quantitative estimate of drug-likeness (QED) is 0.776. The van der Waals surface area contributed by atoms with E-state index in [1.807, 2.05) is 30.0 Å². The summed E-state index contributed by atoms with van der Waals surface area (Å²) in [4.78, 5) is 0. The number of rotatable bonds is 7. The Morgan fingerprint density at radius 2 is 2.39 bits per heavy atom. The van der Waals surface area contributed by atoms with Gasteiger partial charge in [0.15, 0.2) is 0 Å².